The molecule has 21 heavy (non-hydrogen) atoms. The molecule has 1 unspecified atom stereocenters. The quantitative estimate of drug-likeness (QED) is 0.773. The molecule has 6 heteroatoms. The minimum absolute atomic E-state index is 0.0528. The lowest BCUT2D eigenvalue weighted by atomic mass is 10.1. The standard InChI is InChI=1S/C15H27N3O2S/c1-11(2)4-5-12(3)17-21(19,20)15-8-14(9-16)18(10-15)13-6-7-13/h8,10-13,17H,4-7,9,16H2,1-3H3. The molecular weight excluding hydrogens is 286 g/mol. The maximum Gasteiger partial charge on any atom is 0.242 e. The highest BCUT2D eigenvalue weighted by atomic mass is 32.2. The topological polar surface area (TPSA) is 77.1 Å². The SMILES string of the molecule is CC(C)CCC(C)NS(=O)(=O)c1cc(CN)n(C2CC2)c1. The van der Waals surface area contributed by atoms with Crippen molar-refractivity contribution in [1.82, 2.24) is 9.29 Å². The molecule has 0 amide bonds. The van der Waals surface area contributed by atoms with Crippen LogP contribution in [0.1, 0.15) is 58.2 Å². The highest BCUT2D eigenvalue weighted by molar-refractivity contribution is 7.89. The molecule has 0 saturated heterocycles. The lowest BCUT2D eigenvalue weighted by Crippen LogP contribution is -2.32. The van der Waals surface area contributed by atoms with Crippen molar-refractivity contribution in [2.45, 2.75) is 70.0 Å². The van der Waals surface area contributed by atoms with E-state index in [4.69, 9.17) is 5.73 Å². The zero-order valence-corrected chi connectivity index (χ0v) is 14.0. The molecule has 2 rings (SSSR count). The summed E-state index contributed by atoms with van der Waals surface area (Å²) in [5.74, 6) is 0.580. The first-order valence-corrected chi connectivity index (χ1v) is 9.25. The van der Waals surface area contributed by atoms with Crippen LogP contribution in [0, 0.1) is 5.92 Å². The largest absolute Gasteiger partial charge is 0.346 e. The summed E-state index contributed by atoms with van der Waals surface area (Å²) in [6, 6.07) is 2.09. The Morgan fingerprint density at radius 1 is 1.33 bits per heavy atom. The van der Waals surface area contributed by atoms with E-state index in [0.29, 0.717) is 23.4 Å². The van der Waals surface area contributed by atoms with Crippen LogP contribution in [0.25, 0.3) is 0 Å². The number of hydrogen-bond donors (Lipinski definition) is 2. The lowest BCUT2D eigenvalue weighted by molar-refractivity contribution is 0.485. The molecule has 1 heterocycles. The van der Waals surface area contributed by atoms with Gasteiger partial charge in [-0.2, -0.15) is 0 Å². The Kier molecular flexibility index (Phi) is 5.11. The van der Waals surface area contributed by atoms with Crippen molar-refractivity contribution in [2.24, 2.45) is 11.7 Å². The van der Waals surface area contributed by atoms with Crippen molar-refractivity contribution in [2.75, 3.05) is 0 Å². The van der Waals surface area contributed by atoms with Crippen LogP contribution in [0.5, 0.6) is 0 Å². The van der Waals surface area contributed by atoms with Gasteiger partial charge in [-0.1, -0.05) is 13.8 Å². The van der Waals surface area contributed by atoms with E-state index in [0.717, 1.165) is 31.4 Å². The normalized spacial score (nSPS) is 17.4. The smallest absolute Gasteiger partial charge is 0.242 e. The van der Waals surface area contributed by atoms with Gasteiger partial charge in [-0.15, -0.1) is 0 Å². The van der Waals surface area contributed by atoms with Crippen molar-refractivity contribution in [1.29, 1.82) is 0 Å². The van der Waals surface area contributed by atoms with Crippen LogP contribution >= 0.6 is 0 Å². The van der Waals surface area contributed by atoms with Crippen LogP contribution in [0.15, 0.2) is 17.2 Å². The van der Waals surface area contributed by atoms with E-state index < -0.39 is 10.0 Å². The van der Waals surface area contributed by atoms with Gasteiger partial charge in [-0.25, -0.2) is 13.1 Å². The summed E-state index contributed by atoms with van der Waals surface area (Å²) in [5.41, 5.74) is 6.62. The number of aromatic nitrogens is 1. The number of nitrogens with one attached hydrogen (secondary N) is 1. The Morgan fingerprint density at radius 2 is 2.00 bits per heavy atom. The molecule has 1 aromatic heterocycles. The summed E-state index contributed by atoms with van der Waals surface area (Å²) < 4.78 is 29.7. The molecule has 0 aromatic carbocycles. The Bertz CT molecular complexity index is 574. The molecular formula is C15H27N3O2S. The molecule has 1 saturated carbocycles. The van der Waals surface area contributed by atoms with Gasteiger partial charge in [0.2, 0.25) is 10.0 Å². The molecule has 0 spiro atoms. The van der Waals surface area contributed by atoms with Gasteiger partial charge < -0.3 is 10.3 Å². The molecule has 120 valence electrons. The molecule has 3 N–H and O–H groups in total. The summed E-state index contributed by atoms with van der Waals surface area (Å²) >= 11 is 0. The lowest BCUT2D eigenvalue weighted by Gasteiger charge is -2.14. The molecule has 1 aromatic rings. The monoisotopic (exact) mass is 313 g/mol. The Hall–Kier alpha value is -0.850. The first-order chi connectivity index (χ1) is 9.83. The minimum atomic E-state index is -3.45. The third-order valence-electron chi connectivity index (χ3n) is 3.90. The van der Waals surface area contributed by atoms with Crippen LogP contribution in [-0.2, 0) is 16.6 Å². The average Bonchev–Trinajstić information content (AvgIpc) is 3.14. The maximum atomic E-state index is 12.4. The van der Waals surface area contributed by atoms with Crippen molar-refractivity contribution in [3.63, 3.8) is 0 Å². The number of hydrogen-bond acceptors (Lipinski definition) is 3. The Balaban J connectivity index is 2.08. The third kappa shape index (κ3) is 4.31. The predicted octanol–water partition coefficient (Wildman–Crippen LogP) is 2.38. The van der Waals surface area contributed by atoms with Gasteiger partial charge in [0, 0.05) is 30.5 Å². The van der Waals surface area contributed by atoms with Crippen molar-refractivity contribution < 1.29 is 8.42 Å². The second kappa shape index (κ2) is 6.50. The van der Waals surface area contributed by atoms with Crippen LogP contribution in [-0.4, -0.2) is 19.0 Å². The van der Waals surface area contributed by atoms with Gasteiger partial charge in [-0.05, 0) is 44.6 Å². The van der Waals surface area contributed by atoms with E-state index in [1.807, 2.05) is 11.5 Å². The number of nitrogens with zero attached hydrogens (tertiary/aromatic N) is 1. The van der Waals surface area contributed by atoms with Gasteiger partial charge >= 0.3 is 0 Å². The highest BCUT2D eigenvalue weighted by Crippen LogP contribution is 2.37. The van der Waals surface area contributed by atoms with Crippen molar-refractivity contribution in [3.05, 3.63) is 18.0 Å². The molecule has 1 atom stereocenters. The van der Waals surface area contributed by atoms with Crippen LogP contribution in [0.3, 0.4) is 0 Å². The first-order valence-electron chi connectivity index (χ1n) is 7.76. The molecule has 1 aliphatic carbocycles. The van der Waals surface area contributed by atoms with Crippen LogP contribution in [0.2, 0.25) is 0 Å². The highest BCUT2D eigenvalue weighted by Gasteiger charge is 2.28. The van der Waals surface area contributed by atoms with E-state index in [2.05, 4.69) is 18.6 Å². The van der Waals surface area contributed by atoms with Gasteiger partial charge in [0.1, 0.15) is 0 Å². The van der Waals surface area contributed by atoms with Crippen molar-refractivity contribution >= 4 is 10.0 Å². The summed E-state index contributed by atoms with van der Waals surface area (Å²) in [7, 11) is -3.45. The van der Waals surface area contributed by atoms with E-state index in [1.54, 1.807) is 12.3 Å². The van der Waals surface area contributed by atoms with Crippen LogP contribution < -0.4 is 10.5 Å². The Labute approximate surface area is 128 Å². The fourth-order valence-electron chi connectivity index (χ4n) is 2.48. The van der Waals surface area contributed by atoms with E-state index in [-0.39, 0.29) is 6.04 Å². The average molecular weight is 313 g/mol. The second-order valence-corrected chi connectivity index (χ2v) is 8.22. The maximum absolute atomic E-state index is 12.4. The van der Waals surface area contributed by atoms with E-state index >= 15 is 0 Å². The molecule has 5 nitrogen and oxygen atoms in total. The van der Waals surface area contributed by atoms with Gasteiger partial charge in [0.05, 0.1) is 4.90 Å². The summed E-state index contributed by atoms with van der Waals surface area (Å²) in [4.78, 5) is 0.339. The Morgan fingerprint density at radius 3 is 2.52 bits per heavy atom. The first kappa shape index (κ1) is 16.5. The number of rotatable bonds is 8. The summed E-state index contributed by atoms with van der Waals surface area (Å²) in [6.45, 7) is 6.57. The zero-order chi connectivity index (χ0) is 15.6. The van der Waals surface area contributed by atoms with Crippen LogP contribution in [0.4, 0.5) is 0 Å². The molecule has 1 aliphatic rings. The van der Waals surface area contributed by atoms with Gasteiger partial charge in [0.25, 0.3) is 0 Å². The van der Waals surface area contributed by atoms with Gasteiger partial charge in [0.15, 0.2) is 0 Å². The fraction of sp³-hybridized carbons (Fsp3) is 0.733. The van der Waals surface area contributed by atoms with Gasteiger partial charge in [-0.3, -0.25) is 0 Å². The number of sulfonamides is 1. The second-order valence-electron chi connectivity index (χ2n) is 6.50. The fourth-order valence-corrected chi connectivity index (χ4v) is 3.80. The molecule has 0 bridgehead atoms. The predicted molar refractivity (Wildman–Crippen MR) is 84.4 cm³/mol. The summed E-state index contributed by atoms with van der Waals surface area (Å²) in [6.07, 6.45) is 5.82. The number of nitrogens with two attached hydrogens (primary N) is 1. The van der Waals surface area contributed by atoms with Crippen molar-refractivity contribution in [3.8, 4) is 0 Å². The van der Waals surface area contributed by atoms with E-state index in [1.165, 1.54) is 0 Å². The summed E-state index contributed by atoms with van der Waals surface area (Å²) in [5, 5.41) is 0. The minimum Gasteiger partial charge on any atom is -0.346 e. The molecule has 1 fully saturated rings. The van der Waals surface area contributed by atoms with E-state index in [9.17, 15) is 8.42 Å². The molecule has 0 radical (unpaired) electrons. The molecule has 0 aliphatic heterocycles. The zero-order valence-electron chi connectivity index (χ0n) is 13.2. The third-order valence-corrected chi connectivity index (χ3v) is 5.46.